The lowest BCUT2D eigenvalue weighted by Gasteiger charge is -2.34. The van der Waals surface area contributed by atoms with E-state index in [2.05, 4.69) is 26.6 Å². The van der Waals surface area contributed by atoms with Crippen LogP contribution in [0, 0.1) is 0 Å². The Kier molecular flexibility index (Phi) is 8.24. The Morgan fingerprint density at radius 3 is 2.27 bits per heavy atom. The van der Waals surface area contributed by atoms with E-state index in [1.165, 1.54) is 12.1 Å². The summed E-state index contributed by atoms with van der Waals surface area (Å²) in [5.41, 5.74) is -0.981. The van der Waals surface area contributed by atoms with Crippen molar-refractivity contribution in [2.24, 2.45) is 0 Å². The van der Waals surface area contributed by atoms with Gasteiger partial charge in [-0.25, -0.2) is 9.59 Å². The topological polar surface area (TPSA) is 71.1 Å². The summed E-state index contributed by atoms with van der Waals surface area (Å²) < 4.78 is 50.1. The fourth-order valence-electron chi connectivity index (χ4n) is 3.15. The fraction of sp³-hybridized carbons (Fsp3) is 0.500. The molecule has 0 saturated carbocycles. The first-order chi connectivity index (χ1) is 14.2. The van der Waals surface area contributed by atoms with Crippen LogP contribution in [-0.4, -0.2) is 68.7 Å². The number of benzene rings is 1. The van der Waals surface area contributed by atoms with E-state index in [1.807, 2.05) is 4.90 Å². The standard InChI is InChI=1S/C20H26F3N3O4/c1-4-25-7-9-26(10-8-25)13-14-5-6-15(11-16(14)20(21,22)23)24-17(19(28)30-3)12-18(27)29-2/h5-6,11-12,24H,4,7-10,13H2,1-3H3/b17-12+. The van der Waals surface area contributed by atoms with Crippen LogP contribution in [0.4, 0.5) is 18.9 Å². The number of rotatable bonds is 7. The largest absolute Gasteiger partial charge is 0.466 e. The van der Waals surface area contributed by atoms with E-state index in [4.69, 9.17) is 0 Å². The van der Waals surface area contributed by atoms with Crippen molar-refractivity contribution in [3.8, 4) is 0 Å². The highest BCUT2D eigenvalue weighted by molar-refractivity contribution is 5.98. The van der Waals surface area contributed by atoms with Crippen molar-refractivity contribution in [2.75, 3.05) is 52.3 Å². The maximum atomic E-state index is 13.7. The van der Waals surface area contributed by atoms with Crippen molar-refractivity contribution >= 4 is 17.6 Å². The molecule has 1 fully saturated rings. The molecule has 0 amide bonds. The molecule has 1 aromatic rings. The van der Waals surface area contributed by atoms with Crippen LogP contribution >= 0.6 is 0 Å². The summed E-state index contributed by atoms with van der Waals surface area (Å²) in [5, 5.41) is 2.52. The number of hydrogen-bond donors (Lipinski definition) is 1. The van der Waals surface area contributed by atoms with Gasteiger partial charge in [0, 0.05) is 38.4 Å². The number of piperazine rings is 1. The molecule has 0 bridgehead atoms. The SMILES string of the molecule is CCN1CCN(Cc2ccc(N/C(=C/C(=O)OC)C(=O)OC)cc2C(F)(F)F)CC1. The number of likely N-dealkylation sites (N-methyl/N-ethyl adjacent to an activating group) is 1. The summed E-state index contributed by atoms with van der Waals surface area (Å²) in [6.45, 7) is 6.17. The Bertz CT molecular complexity index is 788. The Balaban J connectivity index is 2.26. The number of nitrogens with zero attached hydrogens (tertiary/aromatic N) is 2. The van der Waals surface area contributed by atoms with Crippen LogP contribution in [0.1, 0.15) is 18.1 Å². The molecular formula is C20H26F3N3O4. The third kappa shape index (κ3) is 6.46. The van der Waals surface area contributed by atoms with Gasteiger partial charge in [0.05, 0.1) is 25.9 Å². The van der Waals surface area contributed by atoms with Gasteiger partial charge in [-0.3, -0.25) is 4.90 Å². The van der Waals surface area contributed by atoms with Crippen LogP contribution in [0.5, 0.6) is 0 Å². The summed E-state index contributed by atoms with van der Waals surface area (Å²) >= 11 is 0. The summed E-state index contributed by atoms with van der Waals surface area (Å²) in [4.78, 5) is 27.5. The van der Waals surface area contributed by atoms with Crippen molar-refractivity contribution < 1.29 is 32.2 Å². The first-order valence-corrected chi connectivity index (χ1v) is 9.47. The summed E-state index contributed by atoms with van der Waals surface area (Å²) in [6.07, 6.45) is -3.75. The molecule has 166 valence electrons. The van der Waals surface area contributed by atoms with Crippen LogP contribution in [0.25, 0.3) is 0 Å². The zero-order chi connectivity index (χ0) is 22.3. The molecule has 1 saturated heterocycles. The van der Waals surface area contributed by atoms with Crippen LogP contribution in [-0.2, 0) is 31.8 Å². The highest BCUT2D eigenvalue weighted by Crippen LogP contribution is 2.35. The minimum atomic E-state index is -4.57. The molecule has 0 aliphatic carbocycles. The number of nitrogens with one attached hydrogen (secondary N) is 1. The molecule has 1 aliphatic heterocycles. The molecule has 0 spiro atoms. The van der Waals surface area contributed by atoms with Crippen LogP contribution in [0.2, 0.25) is 0 Å². The average molecular weight is 429 g/mol. The molecule has 1 N–H and O–H groups in total. The number of hydrogen-bond acceptors (Lipinski definition) is 7. The first kappa shape index (κ1) is 23.7. The minimum Gasteiger partial charge on any atom is -0.466 e. The van der Waals surface area contributed by atoms with Crippen molar-refractivity contribution in [3.05, 3.63) is 41.1 Å². The zero-order valence-corrected chi connectivity index (χ0v) is 17.2. The number of anilines is 1. The van der Waals surface area contributed by atoms with Crippen LogP contribution in [0.3, 0.4) is 0 Å². The van der Waals surface area contributed by atoms with Gasteiger partial charge in [0.1, 0.15) is 5.70 Å². The van der Waals surface area contributed by atoms with Gasteiger partial charge in [-0.05, 0) is 24.2 Å². The maximum Gasteiger partial charge on any atom is 0.416 e. The number of halogens is 3. The molecule has 1 aromatic carbocycles. The number of methoxy groups -OCH3 is 2. The molecule has 0 aromatic heterocycles. The Hall–Kier alpha value is -2.59. The van der Waals surface area contributed by atoms with E-state index in [9.17, 15) is 22.8 Å². The van der Waals surface area contributed by atoms with Gasteiger partial charge in [0.2, 0.25) is 0 Å². The molecule has 0 unspecified atom stereocenters. The Morgan fingerprint density at radius 1 is 1.10 bits per heavy atom. The third-order valence-electron chi connectivity index (χ3n) is 4.87. The van der Waals surface area contributed by atoms with Gasteiger partial charge in [0.25, 0.3) is 0 Å². The predicted molar refractivity (Wildman–Crippen MR) is 105 cm³/mol. The molecule has 2 rings (SSSR count). The van der Waals surface area contributed by atoms with Gasteiger partial charge in [-0.1, -0.05) is 13.0 Å². The number of ether oxygens (including phenoxy) is 2. The average Bonchev–Trinajstić information content (AvgIpc) is 2.73. The van der Waals surface area contributed by atoms with Crippen LogP contribution < -0.4 is 5.32 Å². The lowest BCUT2D eigenvalue weighted by Crippen LogP contribution is -2.45. The van der Waals surface area contributed by atoms with E-state index in [-0.39, 0.29) is 23.5 Å². The molecule has 0 radical (unpaired) electrons. The third-order valence-corrected chi connectivity index (χ3v) is 4.87. The Labute approximate surface area is 173 Å². The minimum absolute atomic E-state index is 0.00225. The molecule has 7 nitrogen and oxygen atoms in total. The van der Waals surface area contributed by atoms with Crippen molar-refractivity contribution in [2.45, 2.75) is 19.6 Å². The van der Waals surface area contributed by atoms with Crippen molar-refractivity contribution in [1.82, 2.24) is 9.80 Å². The molecule has 1 heterocycles. The van der Waals surface area contributed by atoms with Gasteiger partial charge in [-0.2, -0.15) is 13.2 Å². The lowest BCUT2D eigenvalue weighted by atomic mass is 10.0. The normalized spacial score (nSPS) is 16.3. The molecule has 0 atom stereocenters. The van der Waals surface area contributed by atoms with Gasteiger partial charge >= 0.3 is 18.1 Å². The number of alkyl halides is 3. The van der Waals surface area contributed by atoms with E-state index in [1.54, 1.807) is 0 Å². The predicted octanol–water partition coefficient (Wildman–Crippen LogP) is 2.48. The fourth-order valence-corrected chi connectivity index (χ4v) is 3.15. The second-order valence-corrected chi connectivity index (χ2v) is 6.78. The lowest BCUT2D eigenvalue weighted by molar-refractivity contribution is -0.138. The number of carbonyl (C=O) groups is 2. The number of carbonyl (C=O) groups excluding carboxylic acids is 2. The second-order valence-electron chi connectivity index (χ2n) is 6.78. The molecule has 10 heteroatoms. The summed E-state index contributed by atoms with van der Waals surface area (Å²) in [7, 11) is 2.21. The monoisotopic (exact) mass is 429 g/mol. The van der Waals surface area contributed by atoms with Gasteiger partial charge < -0.3 is 19.7 Å². The van der Waals surface area contributed by atoms with Crippen molar-refractivity contribution in [3.63, 3.8) is 0 Å². The highest BCUT2D eigenvalue weighted by Gasteiger charge is 2.34. The summed E-state index contributed by atoms with van der Waals surface area (Å²) in [5.74, 6) is -1.76. The van der Waals surface area contributed by atoms with E-state index >= 15 is 0 Å². The van der Waals surface area contributed by atoms with E-state index < -0.39 is 23.7 Å². The zero-order valence-electron chi connectivity index (χ0n) is 17.2. The highest BCUT2D eigenvalue weighted by atomic mass is 19.4. The Morgan fingerprint density at radius 2 is 1.73 bits per heavy atom. The smallest absolute Gasteiger partial charge is 0.416 e. The van der Waals surface area contributed by atoms with E-state index in [0.717, 1.165) is 46.0 Å². The van der Waals surface area contributed by atoms with E-state index in [0.29, 0.717) is 13.1 Å². The maximum absolute atomic E-state index is 13.7. The first-order valence-electron chi connectivity index (χ1n) is 9.47. The molecule has 30 heavy (non-hydrogen) atoms. The van der Waals surface area contributed by atoms with Gasteiger partial charge in [-0.15, -0.1) is 0 Å². The summed E-state index contributed by atoms with van der Waals surface area (Å²) in [6, 6.07) is 3.73. The van der Waals surface area contributed by atoms with Gasteiger partial charge in [0.15, 0.2) is 0 Å². The molecular weight excluding hydrogens is 403 g/mol. The van der Waals surface area contributed by atoms with Crippen LogP contribution in [0.15, 0.2) is 30.0 Å². The quantitative estimate of drug-likeness (QED) is 0.528. The van der Waals surface area contributed by atoms with Crippen molar-refractivity contribution in [1.29, 1.82) is 0 Å². The number of esters is 2. The second kappa shape index (κ2) is 10.4. The molecule has 1 aliphatic rings.